The number of amides is 3. The van der Waals surface area contributed by atoms with Crippen molar-refractivity contribution in [2.45, 2.75) is 97.8 Å². The van der Waals surface area contributed by atoms with E-state index in [1.807, 2.05) is 32.0 Å². The molecule has 0 radical (unpaired) electrons. The molecule has 0 saturated heterocycles. The molecule has 0 aromatic heterocycles. The Morgan fingerprint density at radius 1 is 0.951 bits per heavy atom. The molecule has 2 aromatic rings. The highest BCUT2D eigenvalue weighted by atomic mass is 32.1. The zero-order chi connectivity index (χ0) is 30.6. The SMILES string of the molecule is CCCCCCCCN(C(=O)C(CS)NC(=O)OC(C)(C)C)C(C(=O)Nc1c(C)cccc1C)c1ccc(O)cc1. The van der Waals surface area contributed by atoms with Crippen LogP contribution < -0.4 is 10.6 Å². The van der Waals surface area contributed by atoms with Gasteiger partial charge >= 0.3 is 6.09 Å². The van der Waals surface area contributed by atoms with Gasteiger partial charge in [-0.15, -0.1) is 0 Å². The predicted molar refractivity (Wildman–Crippen MR) is 167 cm³/mol. The molecule has 9 heteroatoms. The summed E-state index contributed by atoms with van der Waals surface area (Å²) in [4.78, 5) is 42.3. The number of nitrogens with one attached hydrogen (secondary N) is 2. The third-order valence-corrected chi connectivity index (χ3v) is 7.07. The quantitative estimate of drug-likeness (QED) is 0.146. The molecule has 41 heavy (non-hydrogen) atoms. The Morgan fingerprint density at radius 3 is 2.10 bits per heavy atom. The summed E-state index contributed by atoms with van der Waals surface area (Å²) in [6, 6.07) is 10.0. The molecule has 2 atom stereocenters. The smallest absolute Gasteiger partial charge is 0.408 e. The van der Waals surface area contributed by atoms with Gasteiger partial charge in [0, 0.05) is 18.0 Å². The number of thiol groups is 1. The number of anilines is 1. The Morgan fingerprint density at radius 2 is 1.54 bits per heavy atom. The lowest BCUT2D eigenvalue weighted by molar-refractivity contribution is -0.140. The van der Waals surface area contributed by atoms with Crippen LogP contribution in [0.5, 0.6) is 5.75 Å². The number of phenolic OH excluding ortho intramolecular Hbond substituents is 1. The molecule has 3 amide bonds. The molecule has 0 saturated carbocycles. The van der Waals surface area contributed by atoms with Gasteiger partial charge in [-0.25, -0.2) is 4.79 Å². The predicted octanol–water partition coefficient (Wildman–Crippen LogP) is 6.70. The van der Waals surface area contributed by atoms with Crippen molar-refractivity contribution in [3.05, 3.63) is 59.2 Å². The Labute approximate surface area is 250 Å². The van der Waals surface area contributed by atoms with Crippen molar-refractivity contribution in [1.82, 2.24) is 10.2 Å². The number of ether oxygens (including phenoxy) is 1. The summed E-state index contributed by atoms with van der Waals surface area (Å²) < 4.78 is 5.39. The molecule has 2 aromatic carbocycles. The van der Waals surface area contributed by atoms with Gasteiger partial charge in [-0.1, -0.05) is 69.4 Å². The minimum Gasteiger partial charge on any atom is -0.508 e. The number of carbonyl (C=O) groups is 3. The molecule has 0 heterocycles. The number of rotatable bonds is 14. The highest BCUT2D eigenvalue weighted by molar-refractivity contribution is 7.80. The average molecular weight is 586 g/mol. The third-order valence-electron chi connectivity index (χ3n) is 6.71. The van der Waals surface area contributed by atoms with E-state index >= 15 is 0 Å². The largest absolute Gasteiger partial charge is 0.508 e. The fraction of sp³-hybridized carbons (Fsp3) is 0.531. The van der Waals surface area contributed by atoms with Gasteiger partial charge in [0.1, 0.15) is 23.4 Å². The number of hydrogen-bond donors (Lipinski definition) is 4. The van der Waals surface area contributed by atoms with Crippen LogP contribution in [0.1, 0.15) is 89.0 Å². The van der Waals surface area contributed by atoms with Gasteiger partial charge in [-0.05, 0) is 69.9 Å². The summed E-state index contributed by atoms with van der Waals surface area (Å²) in [7, 11) is 0. The van der Waals surface area contributed by atoms with E-state index in [4.69, 9.17) is 4.74 Å². The van der Waals surface area contributed by atoms with Crippen LogP contribution in [0.15, 0.2) is 42.5 Å². The summed E-state index contributed by atoms with van der Waals surface area (Å²) in [5.41, 5.74) is 2.28. The van der Waals surface area contributed by atoms with E-state index in [2.05, 4.69) is 30.2 Å². The molecule has 2 unspecified atom stereocenters. The summed E-state index contributed by atoms with van der Waals surface area (Å²) in [6.45, 7) is 11.5. The van der Waals surface area contributed by atoms with Crippen LogP contribution in [0.2, 0.25) is 0 Å². The van der Waals surface area contributed by atoms with Gasteiger partial charge in [0.05, 0.1) is 0 Å². The second-order valence-electron chi connectivity index (χ2n) is 11.4. The topological polar surface area (TPSA) is 108 Å². The number of phenols is 1. The van der Waals surface area contributed by atoms with Crippen molar-refractivity contribution < 1.29 is 24.2 Å². The fourth-order valence-electron chi connectivity index (χ4n) is 4.60. The molecule has 0 aliphatic heterocycles. The van der Waals surface area contributed by atoms with Crippen LogP contribution >= 0.6 is 12.6 Å². The maximum Gasteiger partial charge on any atom is 0.408 e. The Balaban J connectivity index is 2.47. The second-order valence-corrected chi connectivity index (χ2v) is 11.8. The lowest BCUT2D eigenvalue weighted by Crippen LogP contribution is -2.53. The van der Waals surface area contributed by atoms with E-state index < -0.39 is 29.7 Å². The van der Waals surface area contributed by atoms with Crippen molar-refractivity contribution in [1.29, 1.82) is 0 Å². The number of carbonyl (C=O) groups excluding carboxylic acids is 3. The van der Waals surface area contributed by atoms with E-state index in [0.717, 1.165) is 43.2 Å². The number of nitrogens with zero attached hydrogens (tertiary/aromatic N) is 1. The first-order valence-corrected chi connectivity index (χ1v) is 15.1. The van der Waals surface area contributed by atoms with Crippen molar-refractivity contribution >= 4 is 36.2 Å². The first-order chi connectivity index (χ1) is 19.4. The van der Waals surface area contributed by atoms with Crippen molar-refractivity contribution in [2.75, 3.05) is 17.6 Å². The monoisotopic (exact) mass is 585 g/mol. The Kier molecular flexibility index (Phi) is 13.5. The fourth-order valence-corrected chi connectivity index (χ4v) is 4.84. The van der Waals surface area contributed by atoms with Crippen LogP contribution in [-0.4, -0.2) is 51.9 Å². The lowest BCUT2D eigenvalue weighted by Gasteiger charge is -2.34. The van der Waals surface area contributed by atoms with E-state index in [1.165, 1.54) is 17.0 Å². The van der Waals surface area contributed by atoms with Gasteiger partial charge in [0.25, 0.3) is 5.91 Å². The Hall–Kier alpha value is -3.20. The van der Waals surface area contributed by atoms with Crippen molar-refractivity contribution in [3.63, 3.8) is 0 Å². The van der Waals surface area contributed by atoms with E-state index in [9.17, 15) is 19.5 Å². The number of unbranched alkanes of at least 4 members (excludes halogenated alkanes) is 5. The molecule has 2 rings (SSSR count). The third kappa shape index (κ3) is 10.9. The number of benzene rings is 2. The first kappa shape index (κ1) is 34.0. The molecule has 0 spiro atoms. The molecule has 226 valence electrons. The molecular formula is C32H47N3O5S. The van der Waals surface area contributed by atoms with Gasteiger partial charge in [0.15, 0.2) is 0 Å². The summed E-state index contributed by atoms with van der Waals surface area (Å²) >= 11 is 4.36. The van der Waals surface area contributed by atoms with Crippen molar-refractivity contribution in [3.8, 4) is 5.75 Å². The van der Waals surface area contributed by atoms with Crippen LogP contribution in [-0.2, 0) is 14.3 Å². The molecule has 8 nitrogen and oxygen atoms in total. The average Bonchev–Trinajstić information content (AvgIpc) is 2.90. The van der Waals surface area contributed by atoms with E-state index in [-0.39, 0.29) is 17.4 Å². The second kappa shape index (κ2) is 16.3. The number of hydrogen-bond acceptors (Lipinski definition) is 6. The molecule has 0 aliphatic carbocycles. The zero-order valence-corrected chi connectivity index (χ0v) is 26.2. The number of alkyl carbamates (subject to hydrolysis) is 1. The molecule has 3 N–H and O–H groups in total. The number of aryl methyl sites for hydroxylation is 2. The molecule has 0 aliphatic rings. The normalized spacial score (nSPS) is 12.8. The minimum atomic E-state index is -1.01. The molecular weight excluding hydrogens is 538 g/mol. The summed E-state index contributed by atoms with van der Waals surface area (Å²) in [5.74, 6) is -0.751. The van der Waals surface area contributed by atoms with Crippen LogP contribution in [0.25, 0.3) is 0 Å². The summed E-state index contributed by atoms with van der Waals surface area (Å²) in [6.07, 6.45) is 5.27. The van der Waals surface area contributed by atoms with Gasteiger partial charge in [-0.3, -0.25) is 9.59 Å². The minimum absolute atomic E-state index is 0.0197. The maximum absolute atomic E-state index is 14.1. The number of para-hydroxylation sites is 1. The van der Waals surface area contributed by atoms with Gasteiger partial charge in [0.2, 0.25) is 5.91 Å². The van der Waals surface area contributed by atoms with E-state index in [0.29, 0.717) is 24.2 Å². The van der Waals surface area contributed by atoms with Gasteiger partial charge < -0.3 is 25.4 Å². The standard InChI is InChI=1S/C32H47N3O5S/c1-7-8-9-10-11-12-20-35(30(38)26(21-41)33-31(39)40-32(4,5)6)28(24-16-18-25(36)19-17-24)29(37)34-27-22(2)14-13-15-23(27)3/h13-19,26,28,36,41H,7-12,20-21H2,1-6H3,(H,33,39)(H,34,37). The molecule has 0 fully saturated rings. The highest BCUT2D eigenvalue weighted by Crippen LogP contribution is 2.28. The lowest BCUT2D eigenvalue weighted by atomic mass is 10.0. The summed E-state index contributed by atoms with van der Waals surface area (Å²) in [5, 5.41) is 15.6. The van der Waals surface area contributed by atoms with Gasteiger partial charge in [-0.2, -0.15) is 12.6 Å². The van der Waals surface area contributed by atoms with Crippen LogP contribution in [0.3, 0.4) is 0 Å². The maximum atomic E-state index is 14.1. The Bertz CT molecular complexity index is 1130. The van der Waals surface area contributed by atoms with Crippen LogP contribution in [0, 0.1) is 13.8 Å². The number of aromatic hydroxyl groups is 1. The highest BCUT2D eigenvalue weighted by Gasteiger charge is 2.36. The van der Waals surface area contributed by atoms with E-state index in [1.54, 1.807) is 32.9 Å². The first-order valence-electron chi connectivity index (χ1n) is 14.4. The van der Waals surface area contributed by atoms with Crippen LogP contribution in [0.4, 0.5) is 10.5 Å². The zero-order valence-electron chi connectivity index (χ0n) is 25.3. The molecule has 0 bridgehead atoms. The van der Waals surface area contributed by atoms with Crippen molar-refractivity contribution in [2.24, 2.45) is 0 Å².